The average molecular weight is 241 g/mol. The second-order valence-electron chi connectivity index (χ2n) is 5.03. The van der Waals surface area contributed by atoms with Crippen molar-refractivity contribution < 1.29 is 0 Å². The summed E-state index contributed by atoms with van der Waals surface area (Å²) in [5, 5.41) is 3.49. The van der Waals surface area contributed by atoms with E-state index in [2.05, 4.69) is 42.6 Å². The van der Waals surface area contributed by atoms with Crippen LogP contribution in [0, 0.1) is 0 Å². The van der Waals surface area contributed by atoms with Crippen LogP contribution in [-0.2, 0) is 7.05 Å². The van der Waals surface area contributed by atoms with Crippen molar-refractivity contribution >= 4 is 11.8 Å². The zero-order valence-electron chi connectivity index (χ0n) is 10.9. The third kappa shape index (κ3) is 4.58. The fourth-order valence-electron chi connectivity index (χ4n) is 1.52. The summed E-state index contributed by atoms with van der Waals surface area (Å²) in [5.74, 6) is 2.24. The van der Waals surface area contributed by atoms with Gasteiger partial charge >= 0.3 is 0 Å². The lowest BCUT2D eigenvalue weighted by molar-refractivity contribution is 0.549. The Hall–Kier alpha value is -0.480. The Kier molecular flexibility index (Phi) is 4.87. The minimum atomic E-state index is 0.320. The molecule has 16 heavy (non-hydrogen) atoms. The van der Waals surface area contributed by atoms with Crippen molar-refractivity contribution in [3.63, 3.8) is 0 Å². The summed E-state index contributed by atoms with van der Waals surface area (Å²) in [4.78, 5) is 4.34. The van der Waals surface area contributed by atoms with Crippen molar-refractivity contribution in [2.75, 3.05) is 12.3 Å². The molecule has 1 unspecified atom stereocenters. The highest BCUT2D eigenvalue weighted by atomic mass is 32.2. The van der Waals surface area contributed by atoms with Gasteiger partial charge < -0.3 is 9.88 Å². The molecule has 1 rings (SSSR count). The zero-order chi connectivity index (χ0) is 12.2. The first-order valence-electron chi connectivity index (χ1n) is 5.75. The van der Waals surface area contributed by atoms with E-state index < -0.39 is 0 Å². The summed E-state index contributed by atoms with van der Waals surface area (Å²) in [5.41, 5.74) is 0. The van der Waals surface area contributed by atoms with Crippen LogP contribution in [0.1, 0.15) is 39.6 Å². The van der Waals surface area contributed by atoms with Crippen molar-refractivity contribution in [1.29, 1.82) is 0 Å². The molecule has 0 aromatic carbocycles. The van der Waals surface area contributed by atoms with E-state index in [9.17, 15) is 0 Å². The van der Waals surface area contributed by atoms with E-state index in [1.807, 2.05) is 31.2 Å². The van der Waals surface area contributed by atoms with Gasteiger partial charge in [0.05, 0.1) is 6.04 Å². The first-order valence-corrected chi connectivity index (χ1v) is 6.73. The predicted molar refractivity (Wildman–Crippen MR) is 71.8 cm³/mol. The van der Waals surface area contributed by atoms with Crippen LogP contribution < -0.4 is 5.32 Å². The van der Waals surface area contributed by atoms with Crippen molar-refractivity contribution in [2.24, 2.45) is 7.05 Å². The summed E-state index contributed by atoms with van der Waals surface area (Å²) >= 11 is 1.99. The number of nitrogens with zero attached hydrogens (tertiary/aromatic N) is 2. The van der Waals surface area contributed by atoms with Gasteiger partial charge in [-0.25, -0.2) is 4.98 Å². The zero-order valence-corrected chi connectivity index (χ0v) is 11.8. The van der Waals surface area contributed by atoms with Gasteiger partial charge in [-0.2, -0.15) is 11.8 Å². The van der Waals surface area contributed by atoms with Crippen LogP contribution in [0.15, 0.2) is 12.4 Å². The Labute approximate surface area is 103 Å². The summed E-state index contributed by atoms with van der Waals surface area (Å²) in [6.07, 6.45) is 3.83. The molecule has 4 heteroatoms. The number of aromatic nitrogens is 2. The lowest BCUT2D eigenvalue weighted by atomic mass is 10.3. The van der Waals surface area contributed by atoms with Crippen LogP contribution in [0.3, 0.4) is 0 Å². The van der Waals surface area contributed by atoms with Crippen molar-refractivity contribution in [2.45, 2.75) is 38.5 Å². The number of hydrogen-bond donors (Lipinski definition) is 1. The third-order valence-electron chi connectivity index (χ3n) is 2.33. The Balaban J connectivity index is 2.26. The monoisotopic (exact) mass is 241 g/mol. The number of imidazole rings is 1. The maximum absolute atomic E-state index is 4.34. The Morgan fingerprint density at radius 2 is 2.19 bits per heavy atom. The summed E-state index contributed by atoms with van der Waals surface area (Å²) < 4.78 is 2.42. The van der Waals surface area contributed by atoms with E-state index >= 15 is 0 Å². The highest BCUT2D eigenvalue weighted by Gasteiger charge is 2.12. The molecule has 92 valence electrons. The minimum absolute atomic E-state index is 0.320. The van der Waals surface area contributed by atoms with Crippen molar-refractivity contribution in [1.82, 2.24) is 14.9 Å². The van der Waals surface area contributed by atoms with Gasteiger partial charge in [0.1, 0.15) is 5.82 Å². The van der Waals surface area contributed by atoms with Crippen LogP contribution in [0.5, 0.6) is 0 Å². The molecule has 1 atom stereocenters. The van der Waals surface area contributed by atoms with Gasteiger partial charge in [0, 0.05) is 36.5 Å². The molecule has 0 radical (unpaired) electrons. The first kappa shape index (κ1) is 13.6. The molecular formula is C12H23N3S. The van der Waals surface area contributed by atoms with Crippen LogP contribution in [-0.4, -0.2) is 26.6 Å². The smallest absolute Gasteiger partial charge is 0.125 e. The Morgan fingerprint density at radius 3 is 2.69 bits per heavy atom. The molecule has 0 aliphatic carbocycles. The molecular weight excluding hydrogens is 218 g/mol. The maximum Gasteiger partial charge on any atom is 0.125 e. The largest absolute Gasteiger partial charge is 0.337 e. The predicted octanol–water partition coefficient (Wildman–Crippen LogP) is 2.60. The van der Waals surface area contributed by atoms with Crippen LogP contribution in [0.25, 0.3) is 0 Å². The molecule has 1 aromatic heterocycles. The Bertz CT molecular complexity index is 314. The van der Waals surface area contributed by atoms with Gasteiger partial charge in [-0.1, -0.05) is 20.8 Å². The van der Waals surface area contributed by atoms with Gasteiger partial charge in [-0.3, -0.25) is 0 Å². The molecule has 1 heterocycles. The number of nitrogens with one attached hydrogen (secondary N) is 1. The van der Waals surface area contributed by atoms with E-state index in [1.54, 1.807) is 0 Å². The number of rotatable bonds is 5. The van der Waals surface area contributed by atoms with E-state index in [4.69, 9.17) is 0 Å². The fourth-order valence-corrected chi connectivity index (χ4v) is 2.35. The number of thioether (sulfide) groups is 1. The number of hydrogen-bond acceptors (Lipinski definition) is 3. The molecule has 0 saturated carbocycles. The fraction of sp³-hybridized carbons (Fsp3) is 0.750. The van der Waals surface area contributed by atoms with E-state index in [0.29, 0.717) is 10.8 Å². The molecule has 0 aliphatic rings. The quantitative estimate of drug-likeness (QED) is 0.804. The van der Waals surface area contributed by atoms with E-state index in [-0.39, 0.29) is 0 Å². The number of aryl methyl sites for hydroxylation is 1. The van der Waals surface area contributed by atoms with Crippen LogP contribution >= 0.6 is 11.8 Å². The maximum atomic E-state index is 4.34. The topological polar surface area (TPSA) is 29.9 Å². The lowest BCUT2D eigenvalue weighted by Crippen LogP contribution is -2.25. The molecule has 0 saturated heterocycles. The van der Waals surface area contributed by atoms with Crippen LogP contribution in [0.2, 0.25) is 0 Å². The molecule has 0 fully saturated rings. The summed E-state index contributed by atoms with van der Waals surface area (Å²) in [7, 11) is 2.03. The minimum Gasteiger partial charge on any atom is -0.337 e. The highest BCUT2D eigenvalue weighted by molar-refractivity contribution is 8.00. The summed E-state index contributed by atoms with van der Waals surface area (Å²) in [6.45, 7) is 9.93. The van der Waals surface area contributed by atoms with Crippen molar-refractivity contribution in [3.05, 3.63) is 18.2 Å². The van der Waals surface area contributed by atoms with Gasteiger partial charge in [-0.05, 0) is 6.92 Å². The van der Waals surface area contributed by atoms with Gasteiger partial charge in [0.25, 0.3) is 0 Å². The highest BCUT2D eigenvalue weighted by Crippen LogP contribution is 2.22. The Morgan fingerprint density at radius 1 is 1.50 bits per heavy atom. The summed E-state index contributed by atoms with van der Waals surface area (Å²) in [6, 6.07) is 0.320. The van der Waals surface area contributed by atoms with Gasteiger partial charge in [0.2, 0.25) is 0 Å². The average Bonchev–Trinajstić information content (AvgIpc) is 2.57. The molecule has 0 aliphatic heterocycles. The second kappa shape index (κ2) is 5.73. The third-order valence-corrected chi connectivity index (χ3v) is 3.61. The van der Waals surface area contributed by atoms with Crippen LogP contribution in [0.4, 0.5) is 0 Å². The van der Waals surface area contributed by atoms with Crippen molar-refractivity contribution in [3.8, 4) is 0 Å². The molecule has 0 spiro atoms. The second-order valence-corrected chi connectivity index (χ2v) is 6.95. The molecule has 1 aromatic rings. The van der Waals surface area contributed by atoms with E-state index in [1.165, 1.54) is 0 Å². The molecule has 3 nitrogen and oxygen atoms in total. The van der Waals surface area contributed by atoms with E-state index in [0.717, 1.165) is 18.1 Å². The molecule has 0 bridgehead atoms. The first-order chi connectivity index (χ1) is 7.40. The molecule has 0 amide bonds. The SMILES string of the molecule is CC(NCCSC(C)(C)C)c1nccn1C. The standard InChI is InChI=1S/C12H23N3S/c1-10(11-14-6-8-15(11)5)13-7-9-16-12(2,3)4/h6,8,10,13H,7,9H2,1-5H3. The molecule has 1 N–H and O–H groups in total. The van der Waals surface area contributed by atoms with Gasteiger partial charge in [0.15, 0.2) is 0 Å². The normalized spacial score (nSPS) is 14.1. The van der Waals surface area contributed by atoms with Gasteiger partial charge in [-0.15, -0.1) is 0 Å². The lowest BCUT2D eigenvalue weighted by Gasteiger charge is -2.19.